The first-order chi connectivity index (χ1) is 9.43. The van der Waals surface area contributed by atoms with Crippen molar-refractivity contribution in [3.05, 3.63) is 12.3 Å². The molecule has 1 aliphatic rings. The van der Waals surface area contributed by atoms with Crippen molar-refractivity contribution in [2.24, 2.45) is 11.8 Å². The van der Waals surface area contributed by atoms with Crippen molar-refractivity contribution in [3.63, 3.8) is 0 Å². The fourth-order valence-electron chi connectivity index (χ4n) is 1.92. The monoisotopic (exact) mass is 284 g/mol. The normalized spacial score (nSPS) is 20.4. The average Bonchev–Trinajstić information content (AvgIpc) is 3.21. The number of aliphatic hydroxyl groups is 1. The molecule has 3 unspecified atom stereocenters. The summed E-state index contributed by atoms with van der Waals surface area (Å²) in [5.74, 6) is 0.686. The fourth-order valence-corrected chi connectivity index (χ4v) is 1.92. The number of rotatable bonds is 10. The van der Waals surface area contributed by atoms with E-state index in [1.54, 1.807) is 0 Å². The highest BCUT2D eigenvalue weighted by Crippen LogP contribution is 2.14. The zero-order valence-electron chi connectivity index (χ0n) is 12.8. The van der Waals surface area contributed by atoms with Crippen molar-refractivity contribution >= 4 is 5.91 Å². The van der Waals surface area contributed by atoms with Gasteiger partial charge in [-0.15, -0.1) is 0 Å². The van der Waals surface area contributed by atoms with Crippen LogP contribution < -0.4 is 10.6 Å². The van der Waals surface area contributed by atoms with Crippen LogP contribution in [0.1, 0.15) is 33.6 Å². The summed E-state index contributed by atoms with van der Waals surface area (Å²) in [4.78, 5) is 11.8. The zero-order chi connectivity index (χ0) is 15.1. The predicted octanol–water partition coefficient (Wildman–Crippen LogP) is 1.04. The van der Waals surface area contributed by atoms with Crippen molar-refractivity contribution in [2.45, 2.75) is 45.8 Å². The lowest BCUT2D eigenvalue weighted by Crippen LogP contribution is -2.43. The minimum atomic E-state index is -0.271. The highest BCUT2D eigenvalue weighted by Gasteiger charge is 2.33. The number of carbonyl (C=O) groups is 1. The van der Waals surface area contributed by atoms with Gasteiger partial charge < -0.3 is 20.5 Å². The molecule has 3 atom stereocenters. The van der Waals surface area contributed by atoms with Crippen LogP contribution in [-0.4, -0.2) is 42.9 Å². The van der Waals surface area contributed by atoms with E-state index in [1.807, 2.05) is 6.92 Å². The van der Waals surface area contributed by atoms with Gasteiger partial charge in [-0.25, -0.2) is 0 Å². The molecule has 1 saturated heterocycles. The Morgan fingerprint density at radius 2 is 2.10 bits per heavy atom. The van der Waals surface area contributed by atoms with Crippen molar-refractivity contribution in [1.82, 2.24) is 10.6 Å². The van der Waals surface area contributed by atoms with Crippen LogP contribution in [0.4, 0.5) is 0 Å². The van der Waals surface area contributed by atoms with Gasteiger partial charge in [0.1, 0.15) is 0 Å². The molecule has 5 nitrogen and oxygen atoms in total. The molecule has 1 amide bonds. The first kappa shape index (κ1) is 17.0. The van der Waals surface area contributed by atoms with Crippen molar-refractivity contribution in [2.75, 3.05) is 19.8 Å². The lowest BCUT2D eigenvalue weighted by molar-refractivity contribution is -0.122. The van der Waals surface area contributed by atoms with E-state index in [0.29, 0.717) is 12.5 Å². The Labute approximate surface area is 121 Å². The molecule has 1 heterocycles. The highest BCUT2D eigenvalue weighted by molar-refractivity contribution is 5.83. The zero-order valence-corrected chi connectivity index (χ0v) is 12.8. The second-order valence-corrected chi connectivity index (χ2v) is 6.04. The van der Waals surface area contributed by atoms with Gasteiger partial charge in [0.25, 0.3) is 5.91 Å². The topological polar surface area (TPSA) is 73.9 Å². The van der Waals surface area contributed by atoms with Gasteiger partial charge in [0.15, 0.2) is 6.10 Å². The van der Waals surface area contributed by atoms with Gasteiger partial charge in [-0.1, -0.05) is 27.4 Å². The summed E-state index contributed by atoms with van der Waals surface area (Å²) in [6.45, 7) is 11.7. The van der Waals surface area contributed by atoms with E-state index in [9.17, 15) is 4.79 Å². The van der Waals surface area contributed by atoms with E-state index in [1.165, 1.54) is 0 Å². The van der Waals surface area contributed by atoms with E-state index < -0.39 is 0 Å². The Morgan fingerprint density at radius 3 is 2.60 bits per heavy atom. The van der Waals surface area contributed by atoms with Crippen LogP contribution in [0.2, 0.25) is 0 Å². The molecule has 5 heteroatoms. The molecule has 0 bridgehead atoms. The van der Waals surface area contributed by atoms with Crippen LogP contribution in [0.15, 0.2) is 12.3 Å². The molecule has 0 radical (unpaired) electrons. The summed E-state index contributed by atoms with van der Waals surface area (Å²) in [5, 5.41) is 15.2. The molecule has 20 heavy (non-hydrogen) atoms. The second kappa shape index (κ2) is 8.27. The number of nitrogens with one attached hydrogen (secondary N) is 2. The molecule has 116 valence electrons. The molecule has 1 aliphatic heterocycles. The third kappa shape index (κ3) is 6.39. The van der Waals surface area contributed by atoms with E-state index in [2.05, 4.69) is 31.1 Å². The van der Waals surface area contributed by atoms with Gasteiger partial charge in [-0.3, -0.25) is 4.79 Å². The Hall–Kier alpha value is -1.07. The number of hydrogen-bond acceptors (Lipinski definition) is 4. The molecule has 3 N–H and O–H groups in total. The molecule has 0 aromatic carbocycles. The largest absolute Gasteiger partial charge is 0.396 e. The summed E-state index contributed by atoms with van der Waals surface area (Å²) < 4.78 is 4.99. The van der Waals surface area contributed by atoms with Crippen LogP contribution >= 0.6 is 0 Å². The molecule has 0 aliphatic carbocycles. The van der Waals surface area contributed by atoms with Crippen LogP contribution in [0, 0.1) is 11.8 Å². The average molecular weight is 284 g/mol. The van der Waals surface area contributed by atoms with Gasteiger partial charge in [0.05, 0.1) is 12.6 Å². The lowest BCUT2D eigenvalue weighted by Gasteiger charge is -2.24. The van der Waals surface area contributed by atoms with Crippen molar-refractivity contribution in [3.8, 4) is 0 Å². The Balaban J connectivity index is 2.40. The Morgan fingerprint density at radius 1 is 1.45 bits per heavy atom. The standard InChI is InChI=1S/C15H28N2O3/c1-10(2)7-13(17-15(19)14-9-20-14)12(4)16-6-5-11(3)8-18/h10-11,13-14,16,18H,4-9H2,1-3H3,(H,17,19). The third-order valence-corrected chi connectivity index (χ3v) is 3.37. The SMILES string of the molecule is C=C(NCCC(C)CO)C(CC(C)C)NC(=O)C1CO1. The van der Waals surface area contributed by atoms with E-state index in [-0.39, 0.29) is 30.6 Å². The summed E-state index contributed by atoms with van der Waals surface area (Å²) in [6, 6.07) is -0.0730. The van der Waals surface area contributed by atoms with Gasteiger partial charge in [-0.2, -0.15) is 0 Å². The first-order valence-corrected chi connectivity index (χ1v) is 7.39. The number of amides is 1. The first-order valence-electron chi connectivity index (χ1n) is 7.39. The van der Waals surface area contributed by atoms with Gasteiger partial charge >= 0.3 is 0 Å². The van der Waals surface area contributed by atoms with Gasteiger partial charge in [-0.05, 0) is 24.7 Å². The van der Waals surface area contributed by atoms with Crippen molar-refractivity contribution < 1.29 is 14.6 Å². The van der Waals surface area contributed by atoms with E-state index >= 15 is 0 Å². The number of carbonyl (C=O) groups excluding carboxylic acids is 1. The molecule has 1 rings (SSSR count). The smallest absolute Gasteiger partial charge is 0.252 e. The number of aliphatic hydroxyl groups excluding tert-OH is 1. The van der Waals surface area contributed by atoms with Gasteiger partial charge in [0.2, 0.25) is 0 Å². The van der Waals surface area contributed by atoms with Crippen LogP contribution in [0.5, 0.6) is 0 Å². The molecule has 0 spiro atoms. The molecule has 0 saturated carbocycles. The number of epoxide rings is 1. The Bertz CT molecular complexity index is 327. The van der Waals surface area contributed by atoms with Crippen molar-refractivity contribution in [1.29, 1.82) is 0 Å². The maximum atomic E-state index is 11.8. The second-order valence-electron chi connectivity index (χ2n) is 6.04. The quantitative estimate of drug-likeness (QED) is 0.524. The van der Waals surface area contributed by atoms with Crippen LogP contribution in [-0.2, 0) is 9.53 Å². The molecular formula is C15H28N2O3. The number of hydrogen-bond donors (Lipinski definition) is 3. The molecular weight excluding hydrogens is 256 g/mol. The maximum absolute atomic E-state index is 11.8. The van der Waals surface area contributed by atoms with Crippen LogP contribution in [0.3, 0.4) is 0 Å². The number of ether oxygens (including phenoxy) is 1. The predicted molar refractivity (Wildman–Crippen MR) is 79.1 cm³/mol. The van der Waals surface area contributed by atoms with E-state index in [4.69, 9.17) is 9.84 Å². The summed E-state index contributed by atoms with van der Waals surface area (Å²) in [5.41, 5.74) is 0.831. The molecule has 0 aromatic heterocycles. The lowest BCUT2D eigenvalue weighted by atomic mass is 10.0. The summed E-state index contributed by atoms with van der Waals surface area (Å²) in [7, 11) is 0. The molecule has 0 aromatic rings. The van der Waals surface area contributed by atoms with Crippen LogP contribution in [0.25, 0.3) is 0 Å². The minimum absolute atomic E-state index is 0.0534. The maximum Gasteiger partial charge on any atom is 0.252 e. The summed E-state index contributed by atoms with van der Waals surface area (Å²) >= 11 is 0. The third-order valence-electron chi connectivity index (χ3n) is 3.37. The fraction of sp³-hybridized carbons (Fsp3) is 0.800. The highest BCUT2D eigenvalue weighted by atomic mass is 16.6. The molecule has 1 fully saturated rings. The Kier molecular flexibility index (Phi) is 7.02. The minimum Gasteiger partial charge on any atom is -0.396 e. The summed E-state index contributed by atoms with van der Waals surface area (Å²) in [6.07, 6.45) is 1.45. The van der Waals surface area contributed by atoms with E-state index in [0.717, 1.165) is 25.1 Å². The van der Waals surface area contributed by atoms with Gasteiger partial charge in [0, 0.05) is 18.8 Å².